The molecule has 2 aromatic carbocycles. The zero-order chi connectivity index (χ0) is 22.3. The molecular weight excluding hydrogens is 418 g/mol. The molecule has 2 aliphatic heterocycles. The molecule has 3 N–H and O–H groups in total. The minimum Gasteiger partial charge on any atom is -0.497 e. The number of hydrogen-bond acceptors (Lipinski definition) is 5. The molecule has 2 aliphatic rings. The number of benzene rings is 2. The molecule has 1 fully saturated rings. The zero-order valence-corrected chi connectivity index (χ0v) is 18.7. The van der Waals surface area contributed by atoms with Gasteiger partial charge in [0, 0.05) is 17.7 Å². The molecule has 31 heavy (non-hydrogen) atoms. The summed E-state index contributed by atoms with van der Waals surface area (Å²) < 4.78 is 10.7. The van der Waals surface area contributed by atoms with Crippen LogP contribution >= 0.6 is 11.6 Å². The Kier molecular flexibility index (Phi) is 5.58. The molecule has 1 saturated heterocycles. The Balaban J connectivity index is 1.76. The molecule has 0 aromatic heterocycles. The molecule has 4 rings (SSSR count). The van der Waals surface area contributed by atoms with Crippen molar-refractivity contribution in [2.24, 2.45) is 11.8 Å². The molecule has 0 bridgehead atoms. The molecule has 7 nitrogen and oxygen atoms in total. The Labute approximate surface area is 186 Å². The maximum absolute atomic E-state index is 13.6. The SMILES string of the molecule is COc1ccc(OC)c(NC(=O)[C@@H]2C[C@@H](C(C)C)N[C@@]23C(=O)Nc2c(Cl)cccc23)c1. The summed E-state index contributed by atoms with van der Waals surface area (Å²) in [5.41, 5.74) is 0.555. The van der Waals surface area contributed by atoms with Gasteiger partial charge in [-0.25, -0.2) is 0 Å². The fourth-order valence-corrected chi connectivity index (χ4v) is 4.78. The van der Waals surface area contributed by atoms with E-state index in [2.05, 4.69) is 29.8 Å². The predicted molar refractivity (Wildman–Crippen MR) is 120 cm³/mol. The largest absolute Gasteiger partial charge is 0.497 e. The van der Waals surface area contributed by atoms with Gasteiger partial charge in [0.2, 0.25) is 11.8 Å². The fourth-order valence-electron chi connectivity index (χ4n) is 4.56. The van der Waals surface area contributed by atoms with Gasteiger partial charge in [0.1, 0.15) is 17.0 Å². The van der Waals surface area contributed by atoms with Crippen LogP contribution in [-0.2, 0) is 15.1 Å². The summed E-state index contributed by atoms with van der Waals surface area (Å²) in [4.78, 5) is 26.9. The van der Waals surface area contributed by atoms with Gasteiger partial charge in [0.05, 0.1) is 36.5 Å². The lowest BCUT2D eigenvalue weighted by Gasteiger charge is -2.29. The van der Waals surface area contributed by atoms with E-state index in [1.165, 1.54) is 7.11 Å². The van der Waals surface area contributed by atoms with Crippen molar-refractivity contribution >= 4 is 34.8 Å². The van der Waals surface area contributed by atoms with Gasteiger partial charge in [-0.15, -0.1) is 0 Å². The van der Waals surface area contributed by atoms with Gasteiger partial charge in [0.15, 0.2) is 0 Å². The van der Waals surface area contributed by atoms with Gasteiger partial charge < -0.3 is 20.1 Å². The van der Waals surface area contributed by atoms with Gasteiger partial charge in [-0.1, -0.05) is 37.6 Å². The van der Waals surface area contributed by atoms with E-state index in [0.717, 1.165) is 0 Å². The Morgan fingerprint density at radius 1 is 1.23 bits per heavy atom. The van der Waals surface area contributed by atoms with E-state index in [9.17, 15) is 9.59 Å². The number of fused-ring (bicyclic) bond motifs is 2. The number of amides is 2. The molecule has 2 amide bonds. The van der Waals surface area contributed by atoms with Crippen molar-refractivity contribution in [3.63, 3.8) is 0 Å². The topological polar surface area (TPSA) is 88.7 Å². The van der Waals surface area contributed by atoms with E-state index < -0.39 is 11.5 Å². The Morgan fingerprint density at radius 2 is 2.00 bits per heavy atom. The number of ether oxygens (including phenoxy) is 2. The van der Waals surface area contributed by atoms with Crippen molar-refractivity contribution in [2.75, 3.05) is 24.9 Å². The van der Waals surface area contributed by atoms with E-state index >= 15 is 0 Å². The van der Waals surface area contributed by atoms with Crippen LogP contribution < -0.4 is 25.4 Å². The number of carbonyl (C=O) groups is 2. The van der Waals surface area contributed by atoms with Gasteiger partial charge >= 0.3 is 0 Å². The quantitative estimate of drug-likeness (QED) is 0.654. The van der Waals surface area contributed by atoms with Gasteiger partial charge in [-0.3, -0.25) is 14.9 Å². The average molecular weight is 444 g/mol. The summed E-state index contributed by atoms with van der Waals surface area (Å²) >= 11 is 6.35. The van der Waals surface area contributed by atoms with Crippen LogP contribution in [0.25, 0.3) is 0 Å². The number of nitrogens with one attached hydrogen (secondary N) is 3. The molecule has 0 aliphatic carbocycles. The van der Waals surface area contributed by atoms with E-state index in [1.807, 2.05) is 6.07 Å². The first kappa shape index (κ1) is 21.5. The van der Waals surface area contributed by atoms with E-state index in [1.54, 1.807) is 37.4 Å². The average Bonchev–Trinajstić information content (AvgIpc) is 3.29. The second-order valence-corrected chi connectivity index (χ2v) is 8.67. The number of rotatable bonds is 5. The summed E-state index contributed by atoms with van der Waals surface area (Å²) in [6.45, 7) is 4.14. The Morgan fingerprint density at radius 3 is 2.68 bits per heavy atom. The van der Waals surface area contributed by atoms with Crippen molar-refractivity contribution in [3.05, 3.63) is 47.0 Å². The Bertz CT molecular complexity index is 1040. The second kappa shape index (κ2) is 8.05. The lowest BCUT2D eigenvalue weighted by molar-refractivity contribution is -0.130. The van der Waals surface area contributed by atoms with Crippen molar-refractivity contribution in [1.29, 1.82) is 0 Å². The van der Waals surface area contributed by atoms with Crippen molar-refractivity contribution in [1.82, 2.24) is 5.32 Å². The van der Waals surface area contributed by atoms with Crippen LogP contribution in [0.5, 0.6) is 11.5 Å². The summed E-state index contributed by atoms with van der Waals surface area (Å²) in [5.74, 6) is 0.148. The van der Waals surface area contributed by atoms with Crippen LogP contribution in [-0.4, -0.2) is 32.1 Å². The van der Waals surface area contributed by atoms with Gasteiger partial charge in [-0.05, 0) is 30.5 Å². The maximum Gasteiger partial charge on any atom is 0.250 e. The summed E-state index contributed by atoms with van der Waals surface area (Å²) in [6.07, 6.45) is 0.509. The van der Waals surface area contributed by atoms with E-state index in [-0.39, 0.29) is 23.8 Å². The standard InChI is InChI=1S/C23H26ClN3O4/c1-12(2)17-11-15(21(28)25-18-10-13(30-3)8-9-19(18)31-4)23(27-17)14-6-5-7-16(24)20(14)26-22(23)29/h5-10,12,15,17,27H,11H2,1-4H3,(H,25,28)(H,26,29)/t15-,17-,23+/m0/s1. The summed E-state index contributed by atoms with van der Waals surface area (Å²) in [7, 11) is 3.09. The molecule has 0 saturated carbocycles. The van der Waals surface area contributed by atoms with Gasteiger partial charge in [0.25, 0.3) is 0 Å². The van der Waals surface area contributed by atoms with Crippen LogP contribution in [0.2, 0.25) is 5.02 Å². The fraction of sp³-hybridized carbons (Fsp3) is 0.391. The highest BCUT2D eigenvalue weighted by Gasteiger charge is 2.60. The Hall–Kier alpha value is -2.77. The first-order valence-electron chi connectivity index (χ1n) is 10.2. The molecule has 8 heteroatoms. The van der Waals surface area contributed by atoms with Crippen LogP contribution in [0.4, 0.5) is 11.4 Å². The molecule has 2 aromatic rings. The lowest BCUT2D eigenvalue weighted by Crippen LogP contribution is -2.52. The lowest BCUT2D eigenvalue weighted by atomic mass is 9.79. The number of para-hydroxylation sites is 1. The van der Waals surface area contributed by atoms with Crippen LogP contribution in [0.15, 0.2) is 36.4 Å². The number of halogens is 1. The molecule has 2 heterocycles. The number of carbonyl (C=O) groups excluding carboxylic acids is 2. The van der Waals surface area contributed by atoms with Crippen LogP contribution in [0, 0.1) is 11.8 Å². The minimum absolute atomic E-state index is 0.0152. The highest BCUT2D eigenvalue weighted by atomic mass is 35.5. The third kappa shape index (κ3) is 3.42. The number of anilines is 2. The number of hydrogen-bond donors (Lipinski definition) is 3. The van der Waals surface area contributed by atoms with Crippen LogP contribution in [0.3, 0.4) is 0 Å². The molecule has 0 unspecified atom stereocenters. The second-order valence-electron chi connectivity index (χ2n) is 8.26. The minimum atomic E-state index is -1.19. The molecule has 1 spiro atoms. The predicted octanol–water partition coefficient (Wildman–Crippen LogP) is 3.78. The van der Waals surface area contributed by atoms with Crippen LogP contribution in [0.1, 0.15) is 25.8 Å². The monoisotopic (exact) mass is 443 g/mol. The smallest absolute Gasteiger partial charge is 0.250 e. The molecular formula is C23H26ClN3O4. The number of methoxy groups -OCH3 is 2. The highest BCUT2D eigenvalue weighted by Crippen LogP contribution is 2.50. The maximum atomic E-state index is 13.6. The molecule has 3 atom stereocenters. The molecule has 164 valence electrons. The normalized spacial score (nSPS) is 24.3. The van der Waals surface area contributed by atoms with E-state index in [0.29, 0.717) is 39.9 Å². The van der Waals surface area contributed by atoms with Gasteiger partial charge in [-0.2, -0.15) is 0 Å². The third-order valence-corrected chi connectivity index (χ3v) is 6.56. The summed E-state index contributed by atoms with van der Waals surface area (Å²) in [5, 5.41) is 9.78. The third-order valence-electron chi connectivity index (χ3n) is 6.25. The molecule has 0 radical (unpaired) electrons. The zero-order valence-electron chi connectivity index (χ0n) is 17.9. The van der Waals surface area contributed by atoms with Crippen molar-refractivity contribution in [2.45, 2.75) is 31.8 Å². The summed E-state index contributed by atoms with van der Waals surface area (Å²) in [6, 6.07) is 10.5. The van der Waals surface area contributed by atoms with E-state index in [4.69, 9.17) is 21.1 Å². The van der Waals surface area contributed by atoms with Crippen molar-refractivity contribution < 1.29 is 19.1 Å². The first-order chi connectivity index (χ1) is 14.8. The first-order valence-corrected chi connectivity index (χ1v) is 10.6. The highest BCUT2D eigenvalue weighted by molar-refractivity contribution is 6.35. The van der Waals surface area contributed by atoms with Crippen molar-refractivity contribution in [3.8, 4) is 11.5 Å².